The van der Waals surface area contributed by atoms with E-state index in [1.807, 2.05) is 11.7 Å². The largest absolute Gasteiger partial charge is 0.319 e. The van der Waals surface area contributed by atoms with E-state index in [-0.39, 0.29) is 0 Å². The monoisotopic (exact) mass is 207 g/mol. The van der Waals surface area contributed by atoms with E-state index >= 15 is 0 Å². The first-order valence-corrected chi connectivity index (χ1v) is 5.82. The number of hydrogen-bond donors (Lipinski definition) is 1. The number of fused-ring (bicyclic) bond motifs is 1. The number of nitrogens with zero attached hydrogens (tertiary/aromatic N) is 2. The van der Waals surface area contributed by atoms with Crippen molar-refractivity contribution in [3.8, 4) is 0 Å². The summed E-state index contributed by atoms with van der Waals surface area (Å²) in [5.41, 5.74) is 4.18. The third kappa shape index (κ3) is 1.69. The standard InChI is InChI=1S/C12H21N3/c1-8-5-6-11-12(10(8)7-13-3)9(2)15(4)14-11/h8,10,13H,5-7H2,1-4H3. The Hall–Kier alpha value is -0.830. The lowest BCUT2D eigenvalue weighted by Crippen LogP contribution is -2.27. The molecule has 0 aliphatic heterocycles. The van der Waals surface area contributed by atoms with Gasteiger partial charge in [-0.05, 0) is 32.7 Å². The van der Waals surface area contributed by atoms with Crippen molar-refractivity contribution in [1.29, 1.82) is 0 Å². The summed E-state index contributed by atoms with van der Waals surface area (Å²) in [5, 5.41) is 7.91. The highest BCUT2D eigenvalue weighted by Crippen LogP contribution is 2.36. The molecule has 3 heteroatoms. The molecule has 0 fully saturated rings. The van der Waals surface area contributed by atoms with Gasteiger partial charge in [0.15, 0.2) is 0 Å². The predicted octanol–water partition coefficient (Wildman–Crippen LogP) is 1.61. The van der Waals surface area contributed by atoms with Crippen LogP contribution in [0, 0.1) is 12.8 Å². The molecule has 0 aromatic carbocycles. The van der Waals surface area contributed by atoms with Crippen molar-refractivity contribution in [1.82, 2.24) is 15.1 Å². The van der Waals surface area contributed by atoms with Crippen LogP contribution in [0.3, 0.4) is 0 Å². The van der Waals surface area contributed by atoms with Crippen LogP contribution in [0.2, 0.25) is 0 Å². The second-order valence-corrected chi connectivity index (χ2v) is 4.75. The van der Waals surface area contributed by atoms with Gasteiger partial charge in [-0.15, -0.1) is 0 Å². The molecular formula is C12H21N3. The number of rotatable bonds is 2. The molecular weight excluding hydrogens is 186 g/mol. The van der Waals surface area contributed by atoms with Crippen molar-refractivity contribution in [3.63, 3.8) is 0 Å². The van der Waals surface area contributed by atoms with Crippen LogP contribution in [0.25, 0.3) is 0 Å². The lowest BCUT2D eigenvalue weighted by Gasteiger charge is -2.28. The molecule has 1 aromatic rings. The minimum atomic E-state index is 0.646. The maximum absolute atomic E-state index is 4.61. The average Bonchev–Trinajstić information content (AvgIpc) is 2.49. The maximum atomic E-state index is 4.61. The molecule has 1 aliphatic carbocycles. The molecule has 0 bridgehead atoms. The first kappa shape index (κ1) is 10.7. The van der Waals surface area contributed by atoms with Gasteiger partial charge in [0.2, 0.25) is 0 Å². The van der Waals surface area contributed by atoms with E-state index in [2.05, 4.69) is 31.3 Å². The Morgan fingerprint density at radius 2 is 2.27 bits per heavy atom. The minimum absolute atomic E-state index is 0.646. The molecule has 84 valence electrons. The van der Waals surface area contributed by atoms with Crippen molar-refractivity contribution in [3.05, 3.63) is 17.0 Å². The van der Waals surface area contributed by atoms with Crippen LogP contribution < -0.4 is 5.32 Å². The van der Waals surface area contributed by atoms with Crippen molar-refractivity contribution in [2.24, 2.45) is 13.0 Å². The zero-order valence-electron chi connectivity index (χ0n) is 10.2. The molecule has 15 heavy (non-hydrogen) atoms. The van der Waals surface area contributed by atoms with Crippen LogP contribution in [0.4, 0.5) is 0 Å². The predicted molar refractivity (Wildman–Crippen MR) is 62.1 cm³/mol. The first-order chi connectivity index (χ1) is 7.15. The number of hydrogen-bond acceptors (Lipinski definition) is 2. The fraction of sp³-hybridized carbons (Fsp3) is 0.750. The van der Waals surface area contributed by atoms with E-state index in [4.69, 9.17) is 0 Å². The Balaban J connectivity index is 2.41. The molecule has 1 aromatic heterocycles. The molecule has 2 rings (SSSR count). The fourth-order valence-electron chi connectivity index (χ4n) is 2.73. The summed E-state index contributed by atoms with van der Waals surface area (Å²) in [6, 6.07) is 0. The van der Waals surface area contributed by atoms with Crippen LogP contribution in [-0.4, -0.2) is 23.4 Å². The summed E-state index contributed by atoms with van der Waals surface area (Å²) in [7, 11) is 4.08. The van der Waals surface area contributed by atoms with Gasteiger partial charge in [-0.2, -0.15) is 5.10 Å². The van der Waals surface area contributed by atoms with Gasteiger partial charge >= 0.3 is 0 Å². The first-order valence-electron chi connectivity index (χ1n) is 5.82. The second kappa shape index (κ2) is 3.97. The Morgan fingerprint density at radius 1 is 1.53 bits per heavy atom. The lowest BCUT2D eigenvalue weighted by molar-refractivity contribution is 0.390. The summed E-state index contributed by atoms with van der Waals surface area (Å²) in [4.78, 5) is 0. The molecule has 0 radical (unpaired) electrons. The molecule has 0 amide bonds. The number of aromatic nitrogens is 2. The zero-order valence-corrected chi connectivity index (χ0v) is 10.2. The van der Waals surface area contributed by atoms with E-state index in [1.54, 1.807) is 0 Å². The molecule has 1 aliphatic rings. The summed E-state index contributed by atoms with van der Waals surface area (Å²) in [6.45, 7) is 5.62. The van der Waals surface area contributed by atoms with Crippen LogP contribution in [0.5, 0.6) is 0 Å². The van der Waals surface area contributed by atoms with Crippen molar-refractivity contribution < 1.29 is 0 Å². The molecule has 0 saturated heterocycles. The summed E-state index contributed by atoms with van der Waals surface area (Å²) >= 11 is 0. The van der Waals surface area contributed by atoms with Crippen LogP contribution >= 0.6 is 0 Å². The molecule has 2 unspecified atom stereocenters. The van der Waals surface area contributed by atoms with Crippen molar-refractivity contribution in [2.75, 3.05) is 13.6 Å². The van der Waals surface area contributed by atoms with Gasteiger partial charge in [-0.1, -0.05) is 6.92 Å². The Bertz CT molecular complexity index is 354. The molecule has 0 spiro atoms. The van der Waals surface area contributed by atoms with Crippen LogP contribution in [-0.2, 0) is 13.5 Å². The normalized spacial score (nSPS) is 25.3. The number of likely N-dealkylation sites (N-methyl/N-ethyl adjacent to an activating group) is 1. The fourth-order valence-corrected chi connectivity index (χ4v) is 2.73. The average molecular weight is 207 g/mol. The molecule has 1 heterocycles. The van der Waals surface area contributed by atoms with Gasteiger partial charge in [0.1, 0.15) is 0 Å². The topological polar surface area (TPSA) is 29.9 Å². The molecule has 2 atom stereocenters. The highest BCUT2D eigenvalue weighted by molar-refractivity contribution is 5.32. The van der Waals surface area contributed by atoms with Crippen LogP contribution in [0.1, 0.15) is 36.2 Å². The highest BCUT2D eigenvalue weighted by atomic mass is 15.3. The smallest absolute Gasteiger partial charge is 0.0662 e. The van der Waals surface area contributed by atoms with Gasteiger partial charge < -0.3 is 5.32 Å². The summed E-state index contributed by atoms with van der Waals surface area (Å²) in [5.74, 6) is 1.42. The number of nitrogens with one attached hydrogen (secondary N) is 1. The Kier molecular flexibility index (Phi) is 2.83. The van der Waals surface area contributed by atoms with E-state index in [0.29, 0.717) is 5.92 Å². The van der Waals surface area contributed by atoms with Gasteiger partial charge in [0, 0.05) is 30.8 Å². The van der Waals surface area contributed by atoms with Gasteiger partial charge in [-0.25, -0.2) is 0 Å². The molecule has 3 nitrogen and oxygen atoms in total. The molecule has 1 N–H and O–H groups in total. The minimum Gasteiger partial charge on any atom is -0.319 e. The maximum Gasteiger partial charge on any atom is 0.0662 e. The summed E-state index contributed by atoms with van der Waals surface area (Å²) < 4.78 is 2.03. The van der Waals surface area contributed by atoms with Crippen molar-refractivity contribution >= 4 is 0 Å². The van der Waals surface area contributed by atoms with Gasteiger partial charge in [0.05, 0.1) is 5.69 Å². The van der Waals surface area contributed by atoms with Crippen molar-refractivity contribution in [2.45, 2.75) is 32.6 Å². The third-order valence-corrected chi connectivity index (χ3v) is 3.78. The molecule has 0 saturated carbocycles. The van der Waals surface area contributed by atoms with E-state index in [0.717, 1.165) is 18.9 Å². The SMILES string of the molecule is CNCC1c2c(nn(C)c2C)CCC1C. The summed E-state index contributed by atoms with van der Waals surface area (Å²) in [6.07, 6.45) is 2.42. The van der Waals surface area contributed by atoms with E-state index in [9.17, 15) is 0 Å². The Labute approximate surface area is 91.9 Å². The van der Waals surface area contributed by atoms with E-state index in [1.165, 1.54) is 23.4 Å². The lowest BCUT2D eigenvalue weighted by atomic mass is 9.78. The zero-order chi connectivity index (χ0) is 11.0. The highest BCUT2D eigenvalue weighted by Gasteiger charge is 2.30. The third-order valence-electron chi connectivity index (χ3n) is 3.78. The van der Waals surface area contributed by atoms with E-state index < -0.39 is 0 Å². The quantitative estimate of drug-likeness (QED) is 0.798. The van der Waals surface area contributed by atoms with Gasteiger partial charge in [0.25, 0.3) is 0 Å². The Morgan fingerprint density at radius 3 is 2.93 bits per heavy atom. The van der Waals surface area contributed by atoms with Gasteiger partial charge in [-0.3, -0.25) is 4.68 Å². The van der Waals surface area contributed by atoms with Crippen LogP contribution in [0.15, 0.2) is 0 Å². The number of aryl methyl sites for hydroxylation is 2. The second-order valence-electron chi connectivity index (χ2n) is 4.75.